The third kappa shape index (κ3) is 6.41. The molecule has 1 aliphatic rings. The van der Waals surface area contributed by atoms with Crippen LogP contribution in [-0.4, -0.2) is 64.9 Å². The van der Waals surface area contributed by atoms with E-state index in [2.05, 4.69) is 35.6 Å². The third-order valence-corrected chi connectivity index (χ3v) is 4.73. The standard InChI is InChI=1S/C20H34N4O2/c1-5-21-20(23-14-17-7-6-12-24(2)15-17)22-11-10-16-8-9-18(25-3)19(13-16)26-4/h8-9,13,17H,5-7,10-12,14-15H2,1-4H3,(H2,21,22,23). The molecule has 1 heterocycles. The Morgan fingerprint density at radius 1 is 1.23 bits per heavy atom. The molecule has 1 atom stereocenters. The molecule has 1 aromatic rings. The highest BCUT2D eigenvalue weighted by Gasteiger charge is 2.16. The van der Waals surface area contributed by atoms with Crippen molar-refractivity contribution in [2.75, 3.05) is 54.0 Å². The first-order valence-electron chi connectivity index (χ1n) is 9.57. The summed E-state index contributed by atoms with van der Waals surface area (Å²) in [5.74, 6) is 3.10. The maximum Gasteiger partial charge on any atom is 0.191 e. The lowest BCUT2D eigenvalue weighted by molar-refractivity contribution is 0.214. The molecular formula is C20H34N4O2. The van der Waals surface area contributed by atoms with Gasteiger partial charge in [0, 0.05) is 26.2 Å². The van der Waals surface area contributed by atoms with E-state index in [0.29, 0.717) is 5.92 Å². The maximum atomic E-state index is 5.37. The molecule has 1 aliphatic heterocycles. The van der Waals surface area contributed by atoms with Crippen molar-refractivity contribution in [3.63, 3.8) is 0 Å². The molecule has 1 unspecified atom stereocenters. The van der Waals surface area contributed by atoms with Crippen LogP contribution in [-0.2, 0) is 6.42 Å². The predicted octanol–water partition coefficient (Wildman–Crippen LogP) is 2.14. The molecule has 0 bridgehead atoms. The lowest BCUT2D eigenvalue weighted by Crippen LogP contribution is -2.39. The van der Waals surface area contributed by atoms with Gasteiger partial charge in [-0.25, -0.2) is 0 Å². The quantitative estimate of drug-likeness (QED) is 0.548. The van der Waals surface area contributed by atoms with E-state index < -0.39 is 0 Å². The molecular weight excluding hydrogens is 328 g/mol. The Hall–Kier alpha value is -1.95. The minimum absolute atomic E-state index is 0.662. The minimum atomic E-state index is 0.662. The van der Waals surface area contributed by atoms with Crippen molar-refractivity contribution in [3.8, 4) is 11.5 Å². The van der Waals surface area contributed by atoms with E-state index in [0.717, 1.165) is 50.1 Å². The number of methoxy groups -OCH3 is 2. The fourth-order valence-electron chi connectivity index (χ4n) is 3.35. The first-order chi connectivity index (χ1) is 12.7. The number of hydrogen-bond donors (Lipinski definition) is 2. The fraction of sp³-hybridized carbons (Fsp3) is 0.650. The predicted molar refractivity (Wildman–Crippen MR) is 107 cm³/mol. The van der Waals surface area contributed by atoms with Crippen molar-refractivity contribution in [2.45, 2.75) is 26.2 Å². The van der Waals surface area contributed by atoms with Crippen LogP contribution in [0, 0.1) is 5.92 Å². The molecule has 0 saturated carbocycles. The van der Waals surface area contributed by atoms with Gasteiger partial charge in [0.05, 0.1) is 14.2 Å². The summed E-state index contributed by atoms with van der Waals surface area (Å²) in [6.45, 7) is 7.03. The number of likely N-dealkylation sites (tertiary alicyclic amines) is 1. The van der Waals surface area contributed by atoms with Crippen molar-refractivity contribution in [2.24, 2.45) is 10.9 Å². The molecule has 1 aromatic carbocycles. The number of guanidine groups is 1. The van der Waals surface area contributed by atoms with Crippen molar-refractivity contribution in [1.29, 1.82) is 0 Å². The van der Waals surface area contributed by atoms with Crippen molar-refractivity contribution in [1.82, 2.24) is 15.5 Å². The number of piperidine rings is 1. The second-order valence-corrected chi connectivity index (χ2v) is 6.86. The normalized spacial score (nSPS) is 18.5. The largest absolute Gasteiger partial charge is 0.493 e. The van der Waals surface area contributed by atoms with Crippen LogP contribution in [0.3, 0.4) is 0 Å². The van der Waals surface area contributed by atoms with Crippen LogP contribution in [0.4, 0.5) is 0 Å². The minimum Gasteiger partial charge on any atom is -0.493 e. The Kier molecular flexibility index (Phi) is 8.54. The van der Waals surface area contributed by atoms with Gasteiger partial charge >= 0.3 is 0 Å². The van der Waals surface area contributed by atoms with Crippen molar-refractivity contribution in [3.05, 3.63) is 23.8 Å². The Balaban J connectivity index is 1.84. The third-order valence-electron chi connectivity index (χ3n) is 4.73. The zero-order valence-corrected chi connectivity index (χ0v) is 16.7. The molecule has 0 aliphatic carbocycles. The van der Waals surface area contributed by atoms with Crippen LogP contribution < -0.4 is 20.1 Å². The Morgan fingerprint density at radius 3 is 2.73 bits per heavy atom. The molecule has 6 heteroatoms. The first kappa shape index (κ1) is 20.4. The molecule has 0 amide bonds. The Morgan fingerprint density at radius 2 is 2.04 bits per heavy atom. The summed E-state index contributed by atoms with van der Waals surface area (Å²) in [5.41, 5.74) is 1.21. The van der Waals surface area contributed by atoms with Crippen LogP contribution in [0.5, 0.6) is 11.5 Å². The fourth-order valence-corrected chi connectivity index (χ4v) is 3.35. The summed E-state index contributed by atoms with van der Waals surface area (Å²) in [6, 6.07) is 6.06. The number of rotatable bonds is 8. The van der Waals surface area contributed by atoms with Gasteiger partial charge in [0.2, 0.25) is 0 Å². The first-order valence-corrected chi connectivity index (χ1v) is 9.57. The van der Waals surface area contributed by atoms with E-state index in [9.17, 15) is 0 Å². The molecule has 26 heavy (non-hydrogen) atoms. The van der Waals surface area contributed by atoms with Crippen LogP contribution in [0.15, 0.2) is 23.2 Å². The number of benzene rings is 1. The van der Waals surface area contributed by atoms with Gasteiger partial charge in [-0.1, -0.05) is 6.07 Å². The zero-order valence-electron chi connectivity index (χ0n) is 16.7. The van der Waals surface area contributed by atoms with Gasteiger partial charge in [0.25, 0.3) is 0 Å². The van der Waals surface area contributed by atoms with Gasteiger partial charge < -0.3 is 25.0 Å². The Labute approximate surface area is 158 Å². The molecule has 0 radical (unpaired) electrons. The SMILES string of the molecule is CCNC(=NCC1CCCN(C)C1)NCCc1ccc(OC)c(OC)c1. The molecule has 146 valence electrons. The number of nitrogens with zero attached hydrogens (tertiary/aromatic N) is 2. The highest BCUT2D eigenvalue weighted by molar-refractivity contribution is 5.79. The van der Waals surface area contributed by atoms with Crippen LogP contribution >= 0.6 is 0 Å². The average Bonchev–Trinajstić information content (AvgIpc) is 2.66. The molecule has 1 saturated heterocycles. The van der Waals surface area contributed by atoms with E-state index >= 15 is 0 Å². The summed E-state index contributed by atoms with van der Waals surface area (Å²) < 4.78 is 10.7. The molecule has 0 aromatic heterocycles. The summed E-state index contributed by atoms with van der Waals surface area (Å²) in [5, 5.41) is 6.78. The van der Waals surface area contributed by atoms with Crippen LogP contribution in [0.2, 0.25) is 0 Å². The Bertz CT molecular complexity index is 577. The van der Waals surface area contributed by atoms with Gasteiger partial charge in [-0.05, 0) is 63.4 Å². The molecule has 2 N–H and O–H groups in total. The monoisotopic (exact) mass is 362 g/mol. The van der Waals surface area contributed by atoms with Crippen LogP contribution in [0.25, 0.3) is 0 Å². The summed E-state index contributed by atoms with van der Waals surface area (Å²) >= 11 is 0. The number of hydrogen-bond acceptors (Lipinski definition) is 4. The van der Waals surface area contributed by atoms with Crippen molar-refractivity contribution < 1.29 is 9.47 Å². The van der Waals surface area contributed by atoms with E-state index in [4.69, 9.17) is 14.5 Å². The molecule has 6 nitrogen and oxygen atoms in total. The van der Waals surface area contributed by atoms with Gasteiger partial charge in [-0.15, -0.1) is 0 Å². The van der Waals surface area contributed by atoms with Gasteiger partial charge in [0.15, 0.2) is 17.5 Å². The maximum absolute atomic E-state index is 5.37. The second kappa shape index (κ2) is 10.9. The molecule has 1 fully saturated rings. The number of aliphatic imine (C=N–C) groups is 1. The highest BCUT2D eigenvalue weighted by atomic mass is 16.5. The lowest BCUT2D eigenvalue weighted by Gasteiger charge is -2.28. The molecule has 0 spiro atoms. The summed E-state index contributed by atoms with van der Waals surface area (Å²) in [4.78, 5) is 7.19. The van der Waals surface area contributed by atoms with E-state index in [-0.39, 0.29) is 0 Å². The topological polar surface area (TPSA) is 58.1 Å². The number of ether oxygens (including phenoxy) is 2. The second-order valence-electron chi connectivity index (χ2n) is 6.86. The van der Waals surface area contributed by atoms with E-state index in [1.807, 2.05) is 12.1 Å². The van der Waals surface area contributed by atoms with Gasteiger partial charge in [-0.3, -0.25) is 4.99 Å². The van der Waals surface area contributed by atoms with E-state index in [1.165, 1.54) is 24.9 Å². The molecule has 2 rings (SSSR count). The van der Waals surface area contributed by atoms with E-state index in [1.54, 1.807) is 14.2 Å². The lowest BCUT2D eigenvalue weighted by atomic mass is 9.99. The zero-order chi connectivity index (χ0) is 18.8. The van der Waals surface area contributed by atoms with Gasteiger partial charge in [-0.2, -0.15) is 0 Å². The average molecular weight is 363 g/mol. The highest BCUT2D eigenvalue weighted by Crippen LogP contribution is 2.27. The van der Waals surface area contributed by atoms with Crippen molar-refractivity contribution >= 4 is 5.96 Å². The van der Waals surface area contributed by atoms with Crippen LogP contribution in [0.1, 0.15) is 25.3 Å². The van der Waals surface area contributed by atoms with Gasteiger partial charge in [0.1, 0.15) is 0 Å². The number of nitrogens with one attached hydrogen (secondary N) is 2. The summed E-state index contributed by atoms with van der Waals surface area (Å²) in [6.07, 6.45) is 3.45. The smallest absolute Gasteiger partial charge is 0.191 e. The summed E-state index contributed by atoms with van der Waals surface area (Å²) in [7, 11) is 5.52.